The summed E-state index contributed by atoms with van der Waals surface area (Å²) in [5.74, 6) is -5.35. The zero-order chi connectivity index (χ0) is 46.4. The summed E-state index contributed by atoms with van der Waals surface area (Å²) in [6, 6.07) is 19.3. The van der Waals surface area contributed by atoms with Crippen molar-refractivity contribution in [2.45, 2.75) is 62.3 Å². The quantitative estimate of drug-likeness (QED) is 0.0959. The number of piperidine rings is 1. The van der Waals surface area contributed by atoms with Gasteiger partial charge in [0.15, 0.2) is 0 Å². The van der Waals surface area contributed by atoms with Gasteiger partial charge >= 0.3 is 6.09 Å². The van der Waals surface area contributed by atoms with Crippen molar-refractivity contribution in [3.8, 4) is 0 Å². The fraction of sp³-hybridized carbons (Fsp3) is 0.319. The lowest BCUT2D eigenvalue weighted by Gasteiger charge is -2.42. The van der Waals surface area contributed by atoms with Crippen LogP contribution in [0.5, 0.6) is 0 Å². The number of halogens is 3. The Hall–Kier alpha value is -7.05. The number of hydrogen-bond acceptors (Lipinski definition) is 11. The molecule has 2 fully saturated rings. The number of aliphatic hydroxyl groups is 1. The Morgan fingerprint density at radius 1 is 0.939 bits per heavy atom. The second kappa shape index (κ2) is 19.6. The maximum absolute atomic E-state index is 14.7. The largest absolute Gasteiger partial charge is 0.445 e. The minimum atomic E-state index is -3.34. The zero-order valence-electron chi connectivity index (χ0n) is 35.5. The molecule has 0 bridgehead atoms. The number of rotatable bonds is 14. The molecule has 2 saturated heterocycles. The van der Waals surface area contributed by atoms with E-state index in [-0.39, 0.29) is 43.7 Å². The van der Waals surface area contributed by atoms with E-state index < -0.39 is 72.8 Å². The fourth-order valence-corrected chi connectivity index (χ4v) is 8.62. The molecule has 66 heavy (non-hydrogen) atoms. The number of allylic oxidation sites excluding steroid dienone is 1. The number of benzene rings is 3. The number of carbonyl (C=O) groups is 5. The molecule has 0 saturated carbocycles. The molecule has 2 atom stereocenters. The van der Waals surface area contributed by atoms with Gasteiger partial charge in [-0.1, -0.05) is 66.2 Å². The average molecular weight is 922 g/mol. The van der Waals surface area contributed by atoms with Crippen molar-refractivity contribution in [2.75, 3.05) is 43.0 Å². The van der Waals surface area contributed by atoms with Gasteiger partial charge in [-0.25, -0.2) is 23.5 Å². The molecule has 0 radical (unpaired) electrons. The third kappa shape index (κ3) is 10.2. The lowest BCUT2D eigenvalue weighted by molar-refractivity contribution is -0.136. The van der Waals surface area contributed by atoms with Crippen LogP contribution < -0.4 is 26.2 Å². The van der Waals surface area contributed by atoms with E-state index in [2.05, 4.69) is 41.1 Å². The van der Waals surface area contributed by atoms with Gasteiger partial charge in [0.1, 0.15) is 30.3 Å². The second-order valence-electron chi connectivity index (χ2n) is 16.4. The first kappa shape index (κ1) is 45.5. The van der Waals surface area contributed by atoms with Gasteiger partial charge in [-0.2, -0.15) is 0 Å². The number of nitrogens with one attached hydrogen (secondary N) is 4. The van der Waals surface area contributed by atoms with Crippen LogP contribution in [0.1, 0.15) is 64.5 Å². The molecule has 5 amide bonds. The zero-order valence-corrected chi connectivity index (χ0v) is 36.3. The summed E-state index contributed by atoms with van der Waals surface area (Å²) >= 11 is 6.11. The molecule has 3 aliphatic rings. The number of aromatic nitrogens is 3. The Morgan fingerprint density at radius 3 is 2.45 bits per heavy atom. The van der Waals surface area contributed by atoms with Crippen LogP contribution in [0.4, 0.5) is 25.1 Å². The van der Waals surface area contributed by atoms with Gasteiger partial charge in [-0.05, 0) is 66.8 Å². The highest BCUT2D eigenvalue weighted by Crippen LogP contribution is 2.34. The maximum Gasteiger partial charge on any atom is 0.408 e. The number of ether oxygens (including phenoxy) is 1. The monoisotopic (exact) mass is 921 g/mol. The van der Waals surface area contributed by atoms with Crippen molar-refractivity contribution in [1.82, 2.24) is 35.8 Å². The molecule has 4 heterocycles. The van der Waals surface area contributed by atoms with E-state index in [4.69, 9.17) is 16.3 Å². The van der Waals surface area contributed by atoms with Gasteiger partial charge < -0.3 is 40.9 Å². The SMILES string of the molecule is O=C(NC1(C(=O)N[C@@H](CCO)c2ccc(Cl)cc2)CCN(c2ncnc3c2C=CC3)CC1)OCc1ccc(NC(=O)[C@@H]2CC(F)(F)CN2C(=O)CNC(=O)c2ccnc3ccccc23)cc1. The number of amides is 5. The first-order valence-corrected chi connectivity index (χ1v) is 21.8. The number of alkyl halides is 2. The van der Waals surface area contributed by atoms with Gasteiger partial charge in [-0.15, -0.1) is 0 Å². The average Bonchev–Trinajstić information content (AvgIpc) is 3.95. The third-order valence-corrected chi connectivity index (χ3v) is 12.3. The minimum absolute atomic E-state index is 0.199. The number of para-hydroxylation sites is 1. The van der Waals surface area contributed by atoms with E-state index in [1.807, 2.05) is 12.2 Å². The molecule has 16 nitrogen and oxygen atoms in total. The van der Waals surface area contributed by atoms with Crippen molar-refractivity contribution >= 4 is 69.8 Å². The summed E-state index contributed by atoms with van der Waals surface area (Å²) in [6.45, 7) is -1.30. The molecule has 3 aromatic carbocycles. The predicted octanol–water partition coefficient (Wildman–Crippen LogP) is 5.36. The number of carbonyl (C=O) groups excluding carboxylic acids is 5. The molecular formula is C47H46ClF2N9O7. The first-order chi connectivity index (χ1) is 31.8. The number of alkyl carbamates (subject to hydrolysis) is 1. The van der Waals surface area contributed by atoms with Gasteiger partial charge in [0.2, 0.25) is 17.7 Å². The van der Waals surface area contributed by atoms with E-state index >= 15 is 0 Å². The van der Waals surface area contributed by atoms with E-state index in [9.17, 15) is 37.9 Å². The minimum Gasteiger partial charge on any atom is -0.445 e. The molecule has 2 aliphatic heterocycles. The van der Waals surface area contributed by atoms with Crippen molar-refractivity contribution in [2.24, 2.45) is 0 Å². The molecule has 19 heteroatoms. The summed E-state index contributed by atoms with van der Waals surface area (Å²) in [7, 11) is 0. The number of likely N-dealkylation sites (tertiary alicyclic amines) is 1. The van der Waals surface area contributed by atoms with Crippen molar-refractivity contribution in [3.63, 3.8) is 0 Å². The molecule has 0 spiro atoms. The predicted molar refractivity (Wildman–Crippen MR) is 241 cm³/mol. The van der Waals surface area contributed by atoms with Gasteiger partial charge in [0.25, 0.3) is 11.8 Å². The second-order valence-corrected chi connectivity index (χ2v) is 16.8. The highest BCUT2D eigenvalue weighted by Gasteiger charge is 2.50. The molecule has 342 valence electrons. The Kier molecular flexibility index (Phi) is 13.5. The molecule has 5 aromatic rings. The Bertz CT molecular complexity index is 2660. The summed E-state index contributed by atoms with van der Waals surface area (Å²) in [6.07, 6.45) is 6.51. The highest BCUT2D eigenvalue weighted by atomic mass is 35.5. The van der Waals surface area contributed by atoms with Crippen LogP contribution in [0.15, 0.2) is 97.5 Å². The topological polar surface area (TPSA) is 208 Å². The van der Waals surface area contributed by atoms with Gasteiger partial charge in [0, 0.05) is 60.4 Å². The first-order valence-electron chi connectivity index (χ1n) is 21.4. The van der Waals surface area contributed by atoms with Gasteiger partial charge in [0.05, 0.1) is 35.9 Å². The number of nitrogens with zero attached hydrogens (tertiary/aromatic N) is 5. The van der Waals surface area contributed by atoms with Crippen LogP contribution in [0, 0.1) is 0 Å². The van der Waals surface area contributed by atoms with Crippen molar-refractivity contribution < 1.29 is 42.6 Å². The highest BCUT2D eigenvalue weighted by molar-refractivity contribution is 6.30. The summed E-state index contributed by atoms with van der Waals surface area (Å²) in [5.41, 5.74) is 2.72. The number of anilines is 2. The van der Waals surface area contributed by atoms with Crippen LogP contribution in [-0.4, -0.2) is 105 Å². The smallest absolute Gasteiger partial charge is 0.408 e. The van der Waals surface area contributed by atoms with Crippen LogP contribution in [0.3, 0.4) is 0 Å². The van der Waals surface area contributed by atoms with Crippen LogP contribution in [0.25, 0.3) is 17.0 Å². The fourth-order valence-electron chi connectivity index (χ4n) is 8.50. The molecule has 8 rings (SSSR count). The standard InChI is InChI=1S/C47H46ClF2N9O7/c48-31-12-10-30(11-13-31)36(17-23-60)56-44(64)46(18-21-58(22-19-46)41-35-5-3-7-38(35)53-28-54-41)57-45(65)66-26-29-8-14-32(15-9-29)55-43(63)39-24-47(49,50)27-59(39)40(61)25-52-42(62)34-16-20-51-37-6-2-1-4-33(34)37/h1-6,8-16,20,28,36,39,60H,7,17-19,21-27H2,(H,52,62)(H,55,63)(H,56,64)(H,57,65)/t36-,39-/m0/s1. The number of hydrogen-bond donors (Lipinski definition) is 5. The van der Waals surface area contributed by atoms with E-state index in [0.29, 0.717) is 41.0 Å². The van der Waals surface area contributed by atoms with Gasteiger partial charge in [-0.3, -0.25) is 24.2 Å². The maximum atomic E-state index is 14.7. The third-order valence-electron chi connectivity index (χ3n) is 12.0. The van der Waals surface area contributed by atoms with E-state index in [1.165, 1.54) is 30.7 Å². The molecular weight excluding hydrogens is 876 g/mol. The lowest BCUT2D eigenvalue weighted by Crippen LogP contribution is -2.63. The number of fused-ring (bicyclic) bond motifs is 2. The molecule has 2 aromatic heterocycles. The Morgan fingerprint density at radius 2 is 1.70 bits per heavy atom. The van der Waals surface area contributed by atoms with Crippen molar-refractivity contribution in [1.29, 1.82) is 0 Å². The number of pyridine rings is 1. The molecule has 5 N–H and O–H groups in total. The Labute approximate surface area is 382 Å². The summed E-state index contributed by atoms with van der Waals surface area (Å²) in [5, 5.41) is 21.9. The molecule has 0 unspecified atom stereocenters. The van der Waals surface area contributed by atoms with Crippen LogP contribution in [-0.2, 0) is 32.1 Å². The lowest BCUT2D eigenvalue weighted by atomic mass is 9.85. The normalized spacial score (nSPS) is 17.4. The van der Waals surface area contributed by atoms with Crippen molar-refractivity contribution in [3.05, 3.63) is 130 Å². The summed E-state index contributed by atoms with van der Waals surface area (Å²) < 4.78 is 35.0. The molecule has 1 aliphatic carbocycles. The number of aliphatic hydroxyl groups excluding tert-OH is 1. The van der Waals surface area contributed by atoms with Crippen LogP contribution >= 0.6 is 11.6 Å². The van der Waals surface area contributed by atoms with E-state index in [1.54, 1.807) is 60.7 Å². The van der Waals surface area contributed by atoms with Crippen LogP contribution in [0.2, 0.25) is 5.02 Å². The van der Waals surface area contributed by atoms with E-state index in [0.717, 1.165) is 27.5 Å². The summed E-state index contributed by atoms with van der Waals surface area (Å²) in [4.78, 5) is 83.3. The Balaban J connectivity index is 0.885.